The average Bonchev–Trinajstić information content (AvgIpc) is 3.41. The lowest BCUT2D eigenvalue weighted by atomic mass is 10.0. The topological polar surface area (TPSA) is 73.6 Å². The second-order valence-electron chi connectivity index (χ2n) is 7.21. The van der Waals surface area contributed by atoms with Gasteiger partial charge in [-0.05, 0) is 30.7 Å². The number of fused-ring (bicyclic) bond motifs is 1. The highest BCUT2D eigenvalue weighted by atomic mass is 32.1. The average molecular weight is 476 g/mol. The maximum atomic E-state index is 13.5. The number of aliphatic hydroxyl groups is 1. The van der Waals surface area contributed by atoms with E-state index in [-0.39, 0.29) is 22.8 Å². The van der Waals surface area contributed by atoms with Gasteiger partial charge < -0.3 is 14.6 Å². The number of esters is 1. The Morgan fingerprint density at radius 3 is 2.67 bits per heavy atom. The molecule has 2 aromatic heterocycles. The van der Waals surface area contributed by atoms with Crippen LogP contribution in [0.15, 0.2) is 54.9 Å². The SMILES string of the molecule is COC(=O)c1sc(-n2cnc3ccc(CO)cc32)cc1O[C@H](C)c1ccccc1C(F)(F)F. The number of rotatable bonds is 6. The summed E-state index contributed by atoms with van der Waals surface area (Å²) in [6.45, 7) is 1.34. The Bertz CT molecular complexity index is 1310. The van der Waals surface area contributed by atoms with Gasteiger partial charge in [0.05, 0.1) is 30.3 Å². The number of carbonyl (C=O) groups excluding carboxylic acids is 1. The fourth-order valence-corrected chi connectivity index (χ4v) is 4.49. The van der Waals surface area contributed by atoms with Crippen LogP contribution >= 0.6 is 11.3 Å². The molecule has 0 radical (unpaired) electrons. The van der Waals surface area contributed by atoms with Gasteiger partial charge in [-0.15, -0.1) is 11.3 Å². The zero-order valence-corrected chi connectivity index (χ0v) is 18.4. The molecular weight excluding hydrogens is 457 g/mol. The number of thiophene rings is 1. The van der Waals surface area contributed by atoms with Crippen LogP contribution in [0.2, 0.25) is 0 Å². The predicted molar refractivity (Wildman–Crippen MR) is 117 cm³/mol. The highest BCUT2D eigenvalue weighted by Crippen LogP contribution is 2.39. The quantitative estimate of drug-likeness (QED) is 0.371. The minimum absolute atomic E-state index is 0.0470. The highest BCUT2D eigenvalue weighted by Gasteiger charge is 2.35. The molecule has 4 aromatic rings. The predicted octanol–water partition coefficient (Wildman–Crippen LogP) is 5.52. The summed E-state index contributed by atoms with van der Waals surface area (Å²) in [5.41, 5.74) is 1.21. The van der Waals surface area contributed by atoms with Crippen molar-refractivity contribution in [3.8, 4) is 10.8 Å². The van der Waals surface area contributed by atoms with Crippen molar-refractivity contribution in [1.82, 2.24) is 9.55 Å². The first kappa shape index (κ1) is 22.8. The van der Waals surface area contributed by atoms with Crippen LogP contribution in [0.5, 0.6) is 5.75 Å². The minimum atomic E-state index is -4.54. The summed E-state index contributed by atoms with van der Waals surface area (Å²) in [5.74, 6) is -0.565. The van der Waals surface area contributed by atoms with Gasteiger partial charge in [-0.2, -0.15) is 13.2 Å². The van der Waals surface area contributed by atoms with E-state index in [0.717, 1.165) is 17.4 Å². The molecule has 0 fully saturated rings. The smallest absolute Gasteiger partial charge is 0.416 e. The molecule has 6 nitrogen and oxygen atoms in total. The molecule has 33 heavy (non-hydrogen) atoms. The van der Waals surface area contributed by atoms with Crippen LogP contribution in [-0.2, 0) is 17.5 Å². The van der Waals surface area contributed by atoms with Crippen molar-refractivity contribution in [1.29, 1.82) is 0 Å². The third kappa shape index (κ3) is 4.44. The molecule has 1 atom stereocenters. The third-order valence-electron chi connectivity index (χ3n) is 5.10. The number of halogens is 3. The van der Waals surface area contributed by atoms with Crippen molar-refractivity contribution in [2.75, 3.05) is 7.11 Å². The molecule has 0 spiro atoms. The number of hydrogen-bond acceptors (Lipinski definition) is 6. The van der Waals surface area contributed by atoms with Gasteiger partial charge in [0.2, 0.25) is 0 Å². The van der Waals surface area contributed by atoms with Gasteiger partial charge in [0.1, 0.15) is 23.2 Å². The van der Waals surface area contributed by atoms with E-state index in [1.54, 1.807) is 35.2 Å². The van der Waals surface area contributed by atoms with Crippen LogP contribution in [0.3, 0.4) is 0 Å². The van der Waals surface area contributed by atoms with Crippen LogP contribution in [-0.4, -0.2) is 27.7 Å². The Labute approximate surface area is 190 Å². The zero-order chi connectivity index (χ0) is 23.8. The first-order valence-electron chi connectivity index (χ1n) is 9.85. The lowest BCUT2D eigenvalue weighted by Crippen LogP contribution is -2.14. The molecule has 0 saturated heterocycles. The fraction of sp³-hybridized carbons (Fsp3) is 0.217. The number of alkyl halides is 3. The highest BCUT2D eigenvalue weighted by molar-refractivity contribution is 7.16. The van der Waals surface area contributed by atoms with E-state index in [4.69, 9.17) is 9.47 Å². The van der Waals surface area contributed by atoms with Crippen LogP contribution in [0, 0.1) is 0 Å². The molecule has 0 aliphatic rings. The Morgan fingerprint density at radius 2 is 1.97 bits per heavy atom. The fourth-order valence-electron chi connectivity index (χ4n) is 3.49. The van der Waals surface area contributed by atoms with Crippen LogP contribution < -0.4 is 4.74 Å². The molecule has 1 N–H and O–H groups in total. The Kier molecular flexibility index (Phi) is 6.13. The number of benzene rings is 2. The van der Waals surface area contributed by atoms with Crippen LogP contribution in [0.1, 0.15) is 39.4 Å². The number of imidazole rings is 1. The van der Waals surface area contributed by atoms with Gasteiger partial charge in [-0.1, -0.05) is 24.3 Å². The monoisotopic (exact) mass is 476 g/mol. The number of aliphatic hydroxyl groups excluding tert-OH is 1. The molecule has 2 heterocycles. The van der Waals surface area contributed by atoms with E-state index >= 15 is 0 Å². The van der Waals surface area contributed by atoms with Gasteiger partial charge in [0, 0.05) is 11.6 Å². The molecule has 0 amide bonds. The largest absolute Gasteiger partial charge is 0.484 e. The first-order chi connectivity index (χ1) is 15.7. The molecule has 2 aromatic carbocycles. The van der Waals surface area contributed by atoms with Crippen LogP contribution in [0.25, 0.3) is 16.0 Å². The second-order valence-corrected chi connectivity index (χ2v) is 8.24. The number of aromatic nitrogens is 2. The van der Waals surface area contributed by atoms with E-state index in [1.807, 2.05) is 0 Å². The number of methoxy groups -OCH3 is 1. The minimum Gasteiger partial charge on any atom is -0.484 e. The molecular formula is C23H19F3N2O4S. The maximum Gasteiger partial charge on any atom is 0.416 e. The van der Waals surface area contributed by atoms with Crippen molar-refractivity contribution >= 4 is 28.3 Å². The summed E-state index contributed by atoms with van der Waals surface area (Å²) >= 11 is 1.06. The lowest BCUT2D eigenvalue weighted by molar-refractivity contribution is -0.139. The molecule has 172 valence electrons. The Morgan fingerprint density at radius 1 is 1.21 bits per heavy atom. The molecule has 10 heteroatoms. The summed E-state index contributed by atoms with van der Waals surface area (Å²) < 4.78 is 52.8. The molecule has 0 unspecified atom stereocenters. The number of ether oxygens (including phenoxy) is 2. The summed E-state index contributed by atoms with van der Waals surface area (Å²) in [4.78, 5) is 16.8. The molecule has 4 rings (SSSR count). The molecule has 0 aliphatic heterocycles. The van der Waals surface area contributed by atoms with E-state index in [0.29, 0.717) is 21.6 Å². The van der Waals surface area contributed by atoms with Gasteiger partial charge in [0.25, 0.3) is 0 Å². The second kappa shape index (κ2) is 8.87. The Balaban J connectivity index is 1.76. The number of carbonyl (C=O) groups is 1. The van der Waals surface area contributed by atoms with Crippen molar-refractivity contribution in [2.45, 2.75) is 25.8 Å². The van der Waals surface area contributed by atoms with Gasteiger partial charge >= 0.3 is 12.1 Å². The normalized spacial score (nSPS) is 12.7. The molecule has 0 bridgehead atoms. The summed E-state index contributed by atoms with van der Waals surface area (Å²) in [6, 6.07) is 12.0. The third-order valence-corrected chi connectivity index (χ3v) is 6.19. The van der Waals surface area contributed by atoms with Gasteiger partial charge in [-0.3, -0.25) is 4.57 Å². The van der Waals surface area contributed by atoms with E-state index < -0.39 is 23.8 Å². The summed E-state index contributed by atoms with van der Waals surface area (Å²) in [6.07, 6.45) is -3.97. The number of hydrogen-bond donors (Lipinski definition) is 1. The van der Waals surface area contributed by atoms with Crippen molar-refractivity contribution in [3.63, 3.8) is 0 Å². The standard InChI is InChI=1S/C23H19F3N2O4S/c1-13(15-5-3-4-6-16(15)23(24,25)26)32-19-10-20(33-21(19)22(30)31-2)28-12-27-17-8-7-14(11-29)9-18(17)28/h3-10,12-13,29H,11H2,1-2H3/t13-/m1/s1. The van der Waals surface area contributed by atoms with E-state index in [2.05, 4.69) is 4.98 Å². The Hall–Kier alpha value is -3.37. The van der Waals surface area contributed by atoms with Gasteiger partial charge in [-0.25, -0.2) is 9.78 Å². The summed E-state index contributed by atoms with van der Waals surface area (Å²) in [5, 5.41) is 10.0. The van der Waals surface area contributed by atoms with Crippen LogP contribution in [0.4, 0.5) is 13.2 Å². The molecule has 0 saturated carbocycles. The van der Waals surface area contributed by atoms with Crippen molar-refractivity contribution in [3.05, 3.63) is 76.4 Å². The zero-order valence-electron chi connectivity index (χ0n) is 17.6. The molecule has 0 aliphatic carbocycles. The first-order valence-corrected chi connectivity index (χ1v) is 10.7. The van der Waals surface area contributed by atoms with Gasteiger partial charge in [0.15, 0.2) is 4.88 Å². The van der Waals surface area contributed by atoms with Crippen molar-refractivity contribution in [2.24, 2.45) is 0 Å². The van der Waals surface area contributed by atoms with E-state index in [1.165, 1.54) is 32.2 Å². The summed E-state index contributed by atoms with van der Waals surface area (Å²) in [7, 11) is 1.22. The van der Waals surface area contributed by atoms with Crippen molar-refractivity contribution < 1.29 is 32.5 Å². The van der Waals surface area contributed by atoms with E-state index in [9.17, 15) is 23.1 Å². The lowest BCUT2D eigenvalue weighted by Gasteiger charge is -2.19. The maximum absolute atomic E-state index is 13.5. The number of nitrogens with zero attached hydrogens (tertiary/aromatic N) is 2.